The Balaban J connectivity index is 2.00. The number of ketones is 1. The standard InChI is InChI=1S/C19H17F3N2O4/c1-3-28-19(27)17(25)15-9(2)16(24-8-10(20)6-14(15)24)18(26)23-11-4-5-12(21)13(22)7-11/h4-5,7,10H,3,6,8H2,1-2H3,(H,23,26)/t10-/m1/s1. The van der Waals surface area contributed by atoms with E-state index in [0.29, 0.717) is 0 Å². The maximum absolute atomic E-state index is 14.0. The van der Waals surface area contributed by atoms with E-state index in [2.05, 4.69) is 5.32 Å². The number of aromatic nitrogens is 1. The summed E-state index contributed by atoms with van der Waals surface area (Å²) in [6.07, 6.45) is -1.45. The van der Waals surface area contributed by atoms with Crippen LogP contribution in [-0.4, -0.2) is 35.0 Å². The van der Waals surface area contributed by atoms with E-state index in [1.54, 1.807) is 6.92 Å². The first kappa shape index (κ1) is 19.7. The summed E-state index contributed by atoms with van der Waals surface area (Å²) in [6.45, 7) is 2.84. The number of halogens is 3. The quantitative estimate of drug-likeness (QED) is 0.481. The number of Topliss-reactive ketones (excluding diaryl/α,β-unsaturated/α-hetero) is 1. The number of fused-ring (bicyclic) bond motifs is 1. The minimum absolute atomic E-state index is 0.00509. The van der Waals surface area contributed by atoms with Gasteiger partial charge in [0.2, 0.25) is 0 Å². The van der Waals surface area contributed by atoms with Gasteiger partial charge in [0.25, 0.3) is 11.7 Å². The van der Waals surface area contributed by atoms with Crippen molar-refractivity contribution in [2.24, 2.45) is 0 Å². The maximum Gasteiger partial charge on any atom is 0.379 e. The van der Waals surface area contributed by atoms with E-state index in [-0.39, 0.29) is 47.8 Å². The van der Waals surface area contributed by atoms with Crippen LogP contribution in [0.3, 0.4) is 0 Å². The first-order valence-electron chi connectivity index (χ1n) is 8.58. The normalized spacial score (nSPS) is 15.2. The number of hydrogen-bond acceptors (Lipinski definition) is 4. The van der Waals surface area contributed by atoms with Crippen LogP contribution in [0.15, 0.2) is 18.2 Å². The molecule has 2 aromatic rings. The fourth-order valence-electron chi connectivity index (χ4n) is 3.35. The monoisotopic (exact) mass is 394 g/mol. The number of anilines is 1. The number of alkyl halides is 1. The molecule has 0 unspecified atom stereocenters. The van der Waals surface area contributed by atoms with E-state index in [9.17, 15) is 27.6 Å². The Morgan fingerprint density at radius 2 is 1.96 bits per heavy atom. The number of carbonyl (C=O) groups excluding carboxylic acids is 3. The summed E-state index contributed by atoms with van der Waals surface area (Å²) in [5.74, 6) is -4.99. The van der Waals surface area contributed by atoms with Crippen molar-refractivity contribution in [3.63, 3.8) is 0 Å². The zero-order chi connectivity index (χ0) is 20.6. The fraction of sp³-hybridized carbons (Fsp3) is 0.316. The van der Waals surface area contributed by atoms with Gasteiger partial charge in [0.15, 0.2) is 11.6 Å². The van der Waals surface area contributed by atoms with Gasteiger partial charge in [-0.1, -0.05) is 0 Å². The van der Waals surface area contributed by atoms with Crippen LogP contribution in [0.25, 0.3) is 0 Å². The van der Waals surface area contributed by atoms with Crippen molar-refractivity contribution in [3.05, 3.63) is 52.3 Å². The van der Waals surface area contributed by atoms with Gasteiger partial charge in [-0.3, -0.25) is 9.59 Å². The second kappa shape index (κ2) is 7.49. The van der Waals surface area contributed by atoms with Gasteiger partial charge in [0.1, 0.15) is 11.9 Å². The molecule has 6 nitrogen and oxygen atoms in total. The summed E-state index contributed by atoms with van der Waals surface area (Å²) >= 11 is 0. The van der Waals surface area contributed by atoms with Crippen LogP contribution in [0, 0.1) is 18.6 Å². The number of nitrogens with one attached hydrogen (secondary N) is 1. The topological polar surface area (TPSA) is 77.4 Å². The lowest BCUT2D eigenvalue weighted by Crippen LogP contribution is -2.20. The molecule has 9 heteroatoms. The van der Waals surface area contributed by atoms with Gasteiger partial charge in [-0.25, -0.2) is 18.0 Å². The van der Waals surface area contributed by atoms with Crippen molar-refractivity contribution in [1.29, 1.82) is 0 Å². The lowest BCUT2D eigenvalue weighted by atomic mass is 10.0. The summed E-state index contributed by atoms with van der Waals surface area (Å²) < 4.78 is 46.5. The molecule has 1 aromatic heterocycles. The molecular formula is C19H17F3N2O4. The van der Waals surface area contributed by atoms with E-state index in [1.165, 1.54) is 17.6 Å². The third-order valence-corrected chi connectivity index (χ3v) is 4.49. The SMILES string of the molecule is CCOC(=O)C(=O)c1c(C)c(C(=O)Nc2ccc(F)c(F)c2)n2c1C[C@@H](F)C2. The van der Waals surface area contributed by atoms with Crippen molar-refractivity contribution in [3.8, 4) is 0 Å². The molecular weight excluding hydrogens is 377 g/mol. The van der Waals surface area contributed by atoms with Gasteiger partial charge in [-0.15, -0.1) is 0 Å². The van der Waals surface area contributed by atoms with Crippen LogP contribution >= 0.6 is 0 Å². The summed E-state index contributed by atoms with van der Waals surface area (Å²) in [5, 5.41) is 2.40. The Labute approximate surface area is 158 Å². The smallest absolute Gasteiger partial charge is 0.379 e. The largest absolute Gasteiger partial charge is 0.460 e. The summed E-state index contributed by atoms with van der Waals surface area (Å²) in [7, 11) is 0. The Bertz CT molecular complexity index is 984. The number of esters is 1. The first-order valence-corrected chi connectivity index (χ1v) is 8.58. The Morgan fingerprint density at radius 3 is 2.61 bits per heavy atom. The number of ether oxygens (including phenoxy) is 1. The van der Waals surface area contributed by atoms with E-state index in [4.69, 9.17) is 4.74 Å². The van der Waals surface area contributed by atoms with Gasteiger partial charge in [0.05, 0.1) is 18.7 Å². The van der Waals surface area contributed by atoms with Crippen molar-refractivity contribution in [2.75, 3.05) is 11.9 Å². The average molecular weight is 394 g/mol. The Morgan fingerprint density at radius 1 is 1.25 bits per heavy atom. The molecule has 0 aliphatic carbocycles. The zero-order valence-electron chi connectivity index (χ0n) is 15.1. The summed E-state index contributed by atoms with van der Waals surface area (Å²) in [5.41, 5.74) is 0.340. The predicted molar refractivity (Wildman–Crippen MR) is 93.0 cm³/mol. The molecule has 1 atom stereocenters. The zero-order valence-corrected chi connectivity index (χ0v) is 15.1. The van der Waals surface area contributed by atoms with Gasteiger partial charge >= 0.3 is 5.97 Å². The molecule has 28 heavy (non-hydrogen) atoms. The highest BCUT2D eigenvalue weighted by molar-refractivity contribution is 6.41. The van der Waals surface area contributed by atoms with Crippen LogP contribution in [-0.2, 0) is 22.5 Å². The Hall–Kier alpha value is -3.10. The number of carbonyl (C=O) groups is 3. The van der Waals surface area contributed by atoms with Crippen LogP contribution in [0.1, 0.15) is 39.0 Å². The van der Waals surface area contributed by atoms with Crippen molar-refractivity contribution in [2.45, 2.75) is 33.0 Å². The lowest BCUT2D eigenvalue weighted by Gasteiger charge is -2.10. The highest BCUT2D eigenvalue weighted by Gasteiger charge is 2.36. The molecule has 0 bridgehead atoms. The van der Waals surface area contributed by atoms with Crippen molar-refractivity contribution in [1.82, 2.24) is 4.57 Å². The molecule has 0 saturated heterocycles. The van der Waals surface area contributed by atoms with Gasteiger partial charge in [0, 0.05) is 23.9 Å². The van der Waals surface area contributed by atoms with Crippen molar-refractivity contribution >= 4 is 23.3 Å². The highest BCUT2D eigenvalue weighted by Crippen LogP contribution is 2.31. The molecule has 1 aromatic carbocycles. The second-order valence-corrected chi connectivity index (χ2v) is 6.34. The molecule has 0 radical (unpaired) electrons. The molecule has 0 saturated carbocycles. The number of amides is 1. The first-order chi connectivity index (χ1) is 13.2. The lowest BCUT2D eigenvalue weighted by molar-refractivity contribution is -0.137. The molecule has 1 amide bonds. The van der Waals surface area contributed by atoms with Crippen LogP contribution in [0.2, 0.25) is 0 Å². The predicted octanol–water partition coefficient (Wildman–Crippen LogP) is 2.97. The van der Waals surface area contributed by atoms with Crippen LogP contribution in [0.4, 0.5) is 18.9 Å². The molecule has 1 aliphatic heterocycles. The van der Waals surface area contributed by atoms with Crippen molar-refractivity contribution < 1.29 is 32.3 Å². The number of benzene rings is 1. The average Bonchev–Trinajstić information content (AvgIpc) is 3.11. The minimum atomic E-state index is -1.32. The van der Waals surface area contributed by atoms with Gasteiger partial charge in [-0.2, -0.15) is 0 Å². The summed E-state index contributed by atoms with van der Waals surface area (Å²) in [4.78, 5) is 37.1. The molecule has 2 heterocycles. The molecule has 148 valence electrons. The third kappa shape index (κ3) is 3.39. The molecule has 1 N–H and O–H groups in total. The van der Waals surface area contributed by atoms with Gasteiger partial charge < -0.3 is 14.6 Å². The van der Waals surface area contributed by atoms with E-state index < -0.39 is 35.5 Å². The highest BCUT2D eigenvalue weighted by atomic mass is 19.2. The van der Waals surface area contributed by atoms with E-state index >= 15 is 0 Å². The number of rotatable bonds is 5. The third-order valence-electron chi connectivity index (χ3n) is 4.49. The molecule has 0 fully saturated rings. The minimum Gasteiger partial charge on any atom is -0.460 e. The molecule has 1 aliphatic rings. The number of hydrogen-bond donors (Lipinski definition) is 1. The molecule has 0 spiro atoms. The number of nitrogens with zero attached hydrogens (tertiary/aromatic N) is 1. The Kier molecular flexibility index (Phi) is 5.26. The van der Waals surface area contributed by atoms with E-state index in [0.717, 1.165) is 12.1 Å². The van der Waals surface area contributed by atoms with Crippen LogP contribution in [0.5, 0.6) is 0 Å². The molecule has 3 rings (SSSR count). The van der Waals surface area contributed by atoms with E-state index in [1.807, 2.05) is 0 Å². The van der Waals surface area contributed by atoms with Gasteiger partial charge in [-0.05, 0) is 31.5 Å². The van der Waals surface area contributed by atoms with Crippen LogP contribution < -0.4 is 5.32 Å². The fourth-order valence-corrected chi connectivity index (χ4v) is 3.35. The maximum atomic E-state index is 14.0. The second-order valence-electron chi connectivity index (χ2n) is 6.34. The summed E-state index contributed by atoms with van der Waals surface area (Å²) in [6, 6.07) is 2.83.